The van der Waals surface area contributed by atoms with E-state index in [2.05, 4.69) is 4.99 Å². The molecule has 130 valence electrons. The van der Waals surface area contributed by atoms with Crippen LogP contribution >= 0.6 is 0 Å². The minimum absolute atomic E-state index is 0.156. The summed E-state index contributed by atoms with van der Waals surface area (Å²) in [6.07, 6.45) is 1.69. The first-order valence-electron chi connectivity index (χ1n) is 7.46. The van der Waals surface area contributed by atoms with E-state index in [1.165, 1.54) is 6.07 Å². The van der Waals surface area contributed by atoms with E-state index in [9.17, 15) is 24.3 Å². The van der Waals surface area contributed by atoms with E-state index in [-0.39, 0.29) is 28.0 Å². The zero-order chi connectivity index (χ0) is 18.4. The van der Waals surface area contributed by atoms with Crippen molar-refractivity contribution in [3.05, 3.63) is 54.2 Å². The molecule has 3 rings (SSSR count). The molecule has 0 amide bonds. The van der Waals surface area contributed by atoms with Gasteiger partial charge >= 0.3 is 11.3 Å². The van der Waals surface area contributed by atoms with Gasteiger partial charge in [0.1, 0.15) is 17.0 Å². The molecule has 0 aromatic carbocycles. The predicted octanol–water partition coefficient (Wildman–Crippen LogP) is 0.628. The number of nitrogens with zero attached hydrogens (tertiary/aromatic N) is 1. The van der Waals surface area contributed by atoms with Gasteiger partial charge in [-0.1, -0.05) is 13.8 Å². The third kappa shape index (κ3) is 3.21. The van der Waals surface area contributed by atoms with Crippen LogP contribution in [0.1, 0.15) is 41.9 Å². The number of hydrogen-bond acceptors (Lipinski definition) is 7. The molecular formula is C16H15N3O6. The zero-order valence-electron chi connectivity index (χ0n) is 13.5. The highest BCUT2D eigenvalue weighted by atomic mass is 16.4. The second kappa shape index (κ2) is 5.69. The van der Waals surface area contributed by atoms with Crippen molar-refractivity contribution in [1.29, 1.82) is 0 Å². The Balaban J connectivity index is 2.05. The summed E-state index contributed by atoms with van der Waals surface area (Å²) in [6.45, 7) is 3.82. The molecule has 9 heteroatoms. The van der Waals surface area contributed by atoms with Crippen molar-refractivity contribution in [1.82, 2.24) is 9.97 Å². The van der Waals surface area contributed by atoms with E-state index < -0.39 is 22.8 Å². The first-order valence-corrected chi connectivity index (χ1v) is 7.46. The standard InChI is InChI=1S/C16H15N3O6/c1-16(2)4-10(20)7-3-9(14(23)25-11(7)5-16)17-6-8-12(21)18-15(24)19-13(8)22/h3,6H,4-5H2,1-2H3,(H3,18,19,21,22,24). The number of aromatic amines is 2. The van der Waals surface area contributed by atoms with Gasteiger partial charge in [-0.05, 0) is 11.5 Å². The maximum absolute atomic E-state index is 12.2. The summed E-state index contributed by atoms with van der Waals surface area (Å²) in [4.78, 5) is 54.7. The van der Waals surface area contributed by atoms with Crippen LogP contribution in [0.25, 0.3) is 0 Å². The van der Waals surface area contributed by atoms with Crippen LogP contribution in [-0.4, -0.2) is 27.1 Å². The van der Waals surface area contributed by atoms with Gasteiger partial charge in [0, 0.05) is 19.1 Å². The van der Waals surface area contributed by atoms with Gasteiger partial charge in [-0.25, -0.2) is 14.6 Å². The van der Waals surface area contributed by atoms with Crippen LogP contribution in [0.15, 0.2) is 29.9 Å². The fraction of sp³-hybridized carbons (Fsp3) is 0.312. The largest absolute Gasteiger partial charge is 0.494 e. The topological polar surface area (TPSA) is 146 Å². The van der Waals surface area contributed by atoms with Crippen molar-refractivity contribution in [3.63, 3.8) is 0 Å². The number of aliphatic imine (C=N–C) groups is 1. The maximum atomic E-state index is 12.2. The Bertz CT molecular complexity index is 1070. The third-order valence-electron chi connectivity index (χ3n) is 3.88. The number of rotatable bonds is 2. The van der Waals surface area contributed by atoms with Crippen LogP contribution in [0.5, 0.6) is 5.88 Å². The Hall–Kier alpha value is -3.23. The molecule has 0 unspecified atom stereocenters. The molecule has 0 spiro atoms. The van der Waals surface area contributed by atoms with Gasteiger partial charge in [0.05, 0.1) is 5.56 Å². The van der Waals surface area contributed by atoms with Crippen molar-refractivity contribution in [2.75, 3.05) is 0 Å². The number of fused-ring (bicyclic) bond motifs is 1. The van der Waals surface area contributed by atoms with Crippen molar-refractivity contribution < 1.29 is 14.3 Å². The monoisotopic (exact) mass is 345 g/mol. The zero-order valence-corrected chi connectivity index (χ0v) is 13.5. The van der Waals surface area contributed by atoms with Crippen LogP contribution in [0.4, 0.5) is 5.69 Å². The average Bonchev–Trinajstić information content (AvgIpc) is 2.45. The van der Waals surface area contributed by atoms with Gasteiger partial charge in [-0.15, -0.1) is 0 Å². The fourth-order valence-electron chi connectivity index (χ4n) is 2.72. The van der Waals surface area contributed by atoms with E-state index in [1.807, 2.05) is 23.8 Å². The highest BCUT2D eigenvalue weighted by molar-refractivity contribution is 5.99. The number of Topliss-reactive ketones (excluding diaryl/α,β-unsaturated/α-hetero) is 1. The van der Waals surface area contributed by atoms with Crippen molar-refractivity contribution in [2.24, 2.45) is 10.4 Å². The summed E-state index contributed by atoms with van der Waals surface area (Å²) < 4.78 is 5.21. The van der Waals surface area contributed by atoms with Crippen molar-refractivity contribution in [3.8, 4) is 5.88 Å². The minimum Gasteiger partial charge on any atom is -0.494 e. The second-order valence-corrected chi connectivity index (χ2v) is 6.63. The molecule has 0 radical (unpaired) electrons. The first-order chi connectivity index (χ1) is 11.7. The number of aromatic nitrogens is 2. The van der Waals surface area contributed by atoms with Crippen molar-refractivity contribution in [2.45, 2.75) is 26.7 Å². The molecule has 9 nitrogen and oxygen atoms in total. The summed E-state index contributed by atoms with van der Waals surface area (Å²) in [6, 6.07) is 1.31. The van der Waals surface area contributed by atoms with E-state index in [0.29, 0.717) is 18.6 Å². The van der Waals surface area contributed by atoms with E-state index in [4.69, 9.17) is 4.42 Å². The Morgan fingerprint density at radius 2 is 1.92 bits per heavy atom. The highest BCUT2D eigenvalue weighted by Gasteiger charge is 2.33. The first kappa shape index (κ1) is 16.6. The van der Waals surface area contributed by atoms with E-state index >= 15 is 0 Å². The van der Waals surface area contributed by atoms with Crippen LogP contribution in [-0.2, 0) is 6.42 Å². The lowest BCUT2D eigenvalue weighted by Crippen LogP contribution is -2.28. The van der Waals surface area contributed by atoms with Gasteiger partial charge in [0.15, 0.2) is 5.78 Å². The van der Waals surface area contributed by atoms with Crippen LogP contribution in [0.3, 0.4) is 0 Å². The number of hydrogen-bond donors (Lipinski definition) is 3. The lowest BCUT2D eigenvalue weighted by atomic mass is 9.76. The number of carbonyl (C=O) groups excluding carboxylic acids is 1. The molecule has 0 saturated carbocycles. The molecule has 0 saturated heterocycles. The molecule has 1 aliphatic carbocycles. The third-order valence-corrected chi connectivity index (χ3v) is 3.88. The molecule has 0 fully saturated rings. The van der Waals surface area contributed by atoms with Gasteiger partial charge in [-0.2, -0.15) is 0 Å². The van der Waals surface area contributed by atoms with Crippen molar-refractivity contribution >= 4 is 17.7 Å². The van der Waals surface area contributed by atoms with E-state index in [0.717, 1.165) is 6.21 Å². The Morgan fingerprint density at radius 1 is 1.20 bits per heavy atom. The second-order valence-electron chi connectivity index (χ2n) is 6.63. The summed E-state index contributed by atoms with van der Waals surface area (Å²) in [5.41, 5.74) is -3.03. The summed E-state index contributed by atoms with van der Waals surface area (Å²) in [5, 5.41) is 9.59. The van der Waals surface area contributed by atoms with Gasteiger partial charge in [0.25, 0.3) is 5.56 Å². The molecule has 3 N–H and O–H groups in total. The Labute approximate surface area is 140 Å². The fourth-order valence-corrected chi connectivity index (χ4v) is 2.72. The molecule has 0 aliphatic heterocycles. The summed E-state index contributed by atoms with van der Waals surface area (Å²) >= 11 is 0. The SMILES string of the molecule is CC1(C)CC(=O)c2cc(N=Cc3c(O)[nH]c(=O)[nH]c3=O)c(=O)oc2C1. The lowest BCUT2D eigenvalue weighted by molar-refractivity contribution is 0.0897. The Kier molecular flexibility index (Phi) is 3.78. The van der Waals surface area contributed by atoms with Gasteiger partial charge in [-0.3, -0.25) is 19.6 Å². The molecular weight excluding hydrogens is 330 g/mol. The predicted molar refractivity (Wildman–Crippen MR) is 88.0 cm³/mol. The van der Waals surface area contributed by atoms with Gasteiger partial charge < -0.3 is 9.52 Å². The smallest absolute Gasteiger partial charge is 0.362 e. The molecule has 2 aromatic heterocycles. The molecule has 0 bridgehead atoms. The van der Waals surface area contributed by atoms with Crippen LogP contribution in [0, 0.1) is 5.41 Å². The Morgan fingerprint density at radius 3 is 2.60 bits per heavy atom. The molecule has 2 aromatic rings. The van der Waals surface area contributed by atoms with Crippen LogP contribution < -0.4 is 16.9 Å². The molecule has 0 atom stereocenters. The van der Waals surface area contributed by atoms with Gasteiger partial charge in [0.2, 0.25) is 5.88 Å². The number of carbonyl (C=O) groups is 1. The number of nitrogens with one attached hydrogen (secondary N) is 2. The summed E-state index contributed by atoms with van der Waals surface area (Å²) in [5.74, 6) is -0.524. The minimum atomic E-state index is -0.874. The normalized spacial score (nSPS) is 16.2. The number of H-pyrrole nitrogens is 2. The lowest BCUT2D eigenvalue weighted by Gasteiger charge is -2.28. The molecule has 2 heterocycles. The molecule has 1 aliphatic rings. The van der Waals surface area contributed by atoms with E-state index in [1.54, 1.807) is 0 Å². The maximum Gasteiger partial charge on any atom is 0.362 e. The highest BCUT2D eigenvalue weighted by Crippen LogP contribution is 2.34. The average molecular weight is 345 g/mol. The summed E-state index contributed by atoms with van der Waals surface area (Å²) in [7, 11) is 0. The molecule has 25 heavy (non-hydrogen) atoms. The number of ketones is 1. The number of aromatic hydroxyl groups is 1. The van der Waals surface area contributed by atoms with Crippen LogP contribution in [0.2, 0.25) is 0 Å². The quantitative estimate of drug-likeness (QED) is 0.680.